The van der Waals surface area contributed by atoms with Crippen LogP contribution in [0.2, 0.25) is 0 Å². The second kappa shape index (κ2) is 9.21. The van der Waals surface area contributed by atoms with Crippen molar-refractivity contribution in [1.29, 1.82) is 0 Å². The molecular formula is C20H26N2O2. The molecule has 0 bridgehead atoms. The smallest absolute Gasteiger partial charge is 0.217 e. The van der Waals surface area contributed by atoms with Crippen molar-refractivity contribution in [2.45, 2.75) is 39.0 Å². The molecule has 4 heteroatoms. The summed E-state index contributed by atoms with van der Waals surface area (Å²) in [4.78, 5) is 10.9. The zero-order valence-electron chi connectivity index (χ0n) is 14.3. The fraction of sp³-hybridized carbons (Fsp3) is 0.350. The number of carbonyl (C=O) groups is 1. The molecule has 0 fully saturated rings. The van der Waals surface area contributed by atoms with Crippen LogP contribution in [0.5, 0.6) is 0 Å². The minimum Gasteiger partial charge on any atom is -0.387 e. The SMILES string of the molecule is CC(=O)NCc1ccc(C[C@@H](C)NC[C@H](O)c2ccccc2)cc1. The molecule has 3 N–H and O–H groups in total. The maximum atomic E-state index is 10.9. The number of amides is 1. The van der Waals surface area contributed by atoms with Gasteiger partial charge in [-0.1, -0.05) is 54.6 Å². The van der Waals surface area contributed by atoms with Gasteiger partial charge < -0.3 is 15.7 Å². The van der Waals surface area contributed by atoms with Crippen LogP contribution in [-0.4, -0.2) is 23.6 Å². The third-order valence-electron chi connectivity index (χ3n) is 3.95. The van der Waals surface area contributed by atoms with Crippen LogP contribution < -0.4 is 10.6 Å². The molecule has 2 aromatic rings. The number of rotatable bonds is 8. The summed E-state index contributed by atoms with van der Waals surface area (Å²) in [6.45, 7) is 4.73. The summed E-state index contributed by atoms with van der Waals surface area (Å²) in [5.74, 6) is -0.0196. The van der Waals surface area contributed by atoms with Gasteiger partial charge in [0.15, 0.2) is 0 Å². The van der Waals surface area contributed by atoms with E-state index < -0.39 is 6.10 Å². The first-order chi connectivity index (χ1) is 11.5. The Balaban J connectivity index is 1.77. The Morgan fingerprint density at radius 3 is 2.29 bits per heavy atom. The topological polar surface area (TPSA) is 61.4 Å². The Hall–Kier alpha value is -2.17. The molecule has 0 aliphatic carbocycles. The third kappa shape index (κ3) is 6.14. The summed E-state index contributed by atoms with van der Waals surface area (Å²) < 4.78 is 0. The molecule has 2 atom stereocenters. The van der Waals surface area contributed by atoms with Gasteiger partial charge in [0.1, 0.15) is 0 Å². The lowest BCUT2D eigenvalue weighted by Crippen LogP contribution is -2.32. The summed E-state index contributed by atoms with van der Waals surface area (Å²) >= 11 is 0. The van der Waals surface area contributed by atoms with Gasteiger partial charge in [-0.3, -0.25) is 4.79 Å². The van der Waals surface area contributed by atoms with E-state index in [9.17, 15) is 9.90 Å². The first-order valence-corrected chi connectivity index (χ1v) is 8.33. The first-order valence-electron chi connectivity index (χ1n) is 8.33. The Kier molecular flexibility index (Phi) is 6.97. The molecule has 0 saturated carbocycles. The molecule has 0 radical (unpaired) electrons. The van der Waals surface area contributed by atoms with E-state index >= 15 is 0 Å². The molecule has 0 unspecified atom stereocenters. The highest BCUT2D eigenvalue weighted by Gasteiger charge is 2.09. The first kappa shape index (κ1) is 18.2. The van der Waals surface area contributed by atoms with E-state index in [1.165, 1.54) is 12.5 Å². The van der Waals surface area contributed by atoms with Crippen LogP contribution in [-0.2, 0) is 17.8 Å². The minimum atomic E-state index is -0.492. The van der Waals surface area contributed by atoms with Gasteiger partial charge in [0.2, 0.25) is 5.91 Å². The molecule has 24 heavy (non-hydrogen) atoms. The number of nitrogens with one attached hydrogen (secondary N) is 2. The van der Waals surface area contributed by atoms with Gasteiger partial charge in [0, 0.05) is 26.1 Å². The maximum absolute atomic E-state index is 10.9. The van der Waals surface area contributed by atoms with E-state index in [1.54, 1.807) is 0 Å². The van der Waals surface area contributed by atoms with E-state index in [2.05, 4.69) is 29.7 Å². The van der Waals surface area contributed by atoms with Crippen LogP contribution >= 0.6 is 0 Å². The molecule has 1 amide bonds. The summed E-state index contributed by atoms with van der Waals surface area (Å²) in [5, 5.41) is 16.3. The van der Waals surface area contributed by atoms with Crippen molar-refractivity contribution in [3.05, 3.63) is 71.3 Å². The zero-order chi connectivity index (χ0) is 17.4. The molecule has 0 aliphatic heterocycles. The monoisotopic (exact) mass is 326 g/mol. The average Bonchev–Trinajstić information content (AvgIpc) is 2.60. The Morgan fingerprint density at radius 2 is 1.67 bits per heavy atom. The highest BCUT2D eigenvalue weighted by molar-refractivity contribution is 5.72. The Bertz CT molecular complexity index is 626. The lowest BCUT2D eigenvalue weighted by molar-refractivity contribution is -0.119. The van der Waals surface area contributed by atoms with E-state index in [0.717, 1.165) is 17.5 Å². The lowest BCUT2D eigenvalue weighted by atomic mass is 10.0. The van der Waals surface area contributed by atoms with Gasteiger partial charge in [-0.2, -0.15) is 0 Å². The van der Waals surface area contributed by atoms with E-state index in [4.69, 9.17) is 0 Å². The third-order valence-corrected chi connectivity index (χ3v) is 3.95. The molecule has 0 aromatic heterocycles. The zero-order valence-corrected chi connectivity index (χ0v) is 14.3. The van der Waals surface area contributed by atoms with Crippen molar-refractivity contribution in [3.8, 4) is 0 Å². The molecule has 0 aliphatic rings. The van der Waals surface area contributed by atoms with Crippen LogP contribution in [0.3, 0.4) is 0 Å². The predicted octanol–water partition coefficient (Wildman–Crippen LogP) is 2.58. The van der Waals surface area contributed by atoms with Crippen molar-refractivity contribution in [2.75, 3.05) is 6.54 Å². The van der Waals surface area contributed by atoms with Crippen LogP contribution in [0.1, 0.15) is 36.6 Å². The summed E-state index contributed by atoms with van der Waals surface area (Å²) in [6, 6.07) is 18.2. The molecule has 128 valence electrons. The minimum absolute atomic E-state index is 0.0196. The van der Waals surface area contributed by atoms with Crippen molar-refractivity contribution >= 4 is 5.91 Å². The van der Waals surface area contributed by atoms with Gasteiger partial charge in [-0.25, -0.2) is 0 Å². The highest BCUT2D eigenvalue weighted by atomic mass is 16.3. The Labute approximate surface area is 143 Å². The molecule has 4 nitrogen and oxygen atoms in total. The molecule has 0 heterocycles. The van der Waals surface area contributed by atoms with E-state index in [1.807, 2.05) is 42.5 Å². The molecule has 0 spiro atoms. The average molecular weight is 326 g/mol. The second-order valence-corrected chi connectivity index (χ2v) is 6.17. The number of carbonyl (C=O) groups excluding carboxylic acids is 1. The van der Waals surface area contributed by atoms with Crippen molar-refractivity contribution in [1.82, 2.24) is 10.6 Å². The van der Waals surface area contributed by atoms with Crippen molar-refractivity contribution < 1.29 is 9.90 Å². The molecule has 2 rings (SSSR count). The van der Waals surface area contributed by atoms with Gasteiger partial charge in [0.05, 0.1) is 6.10 Å². The fourth-order valence-electron chi connectivity index (χ4n) is 2.55. The van der Waals surface area contributed by atoms with Gasteiger partial charge in [-0.05, 0) is 30.0 Å². The standard InChI is InChI=1S/C20H26N2O2/c1-15(21-14-20(24)19-6-4-3-5-7-19)12-17-8-10-18(11-9-17)13-22-16(2)23/h3-11,15,20-21,24H,12-14H2,1-2H3,(H,22,23)/t15-,20+/m1/s1. The second-order valence-electron chi connectivity index (χ2n) is 6.17. The predicted molar refractivity (Wildman–Crippen MR) is 96.5 cm³/mol. The van der Waals surface area contributed by atoms with Gasteiger partial charge in [-0.15, -0.1) is 0 Å². The number of hydrogen-bond acceptors (Lipinski definition) is 3. The molecule has 0 saturated heterocycles. The lowest BCUT2D eigenvalue weighted by Gasteiger charge is -2.17. The van der Waals surface area contributed by atoms with Gasteiger partial charge >= 0.3 is 0 Å². The van der Waals surface area contributed by atoms with Crippen molar-refractivity contribution in [3.63, 3.8) is 0 Å². The largest absolute Gasteiger partial charge is 0.387 e. The summed E-state index contributed by atoms with van der Waals surface area (Å²) in [7, 11) is 0. The van der Waals surface area contributed by atoms with E-state index in [-0.39, 0.29) is 11.9 Å². The van der Waals surface area contributed by atoms with Gasteiger partial charge in [0.25, 0.3) is 0 Å². The van der Waals surface area contributed by atoms with Crippen LogP contribution in [0, 0.1) is 0 Å². The number of aliphatic hydroxyl groups is 1. The van der Waals surface area contributed by atoms with Crippen LogP contribution in [0.4, 0.5) is 0 Å². The molecule has 2 aromatic carbocycles. The summed E-state index contributed by atoms with van der Waals surface area (Å²) in [6.07, 6.45) is 0.399. The maximum Gasteiger partial charge on any atom is 0.217 e. The normalized spacial score (nSPS) is 13.3. The number of hydrogen-bond donors (Lipinski definition) is 3. The van der Waals surface area contributed by atoms with Crippen LogP contribution in [0.15, 0.2) is 54.6 Å². The quantitative estimate of drug-likeness (QED) is 0.699. The highest BCUT2D eigenvalue weighted by Crippen LogP contribution is 2.12. The number of aliphatic hydroxyl groups excluding tert-OH is 1. The summed E-state index contributed by atoms with van der Waals surface area (Å²) in [5.41, 5.74) is 3.25. The van der Waals surface area contributed by atoms with Crippen LogP contribution in [0.25, 0.3) is 0 Å². The molecular weight excluding hydrogens is 300 g/mol. The Morgan fingerprint density at radius 1 is 1.04 bits per heavy atom. The number of benzene rings is 2. The fourth-order valence-corrected chi connectivity index (χ4v) is 2.55. The van der Waals surface area contributed by atoms with Crippen molar-refractivity contribution in [2.24, 2.45) is 0 Å². The van der Waals surface area contributed by atoms with E-state index in [0.29, 0.717) is 13.1 Å².